The molecule has 0 spiro atoms. The largest absolute Gasteiger partial charge is 0.350 e. The maximum absolute atomic E-state index is 12.2. The Bertz CT molecular complexity index is 768. The molecule has 2 heterocycles. The SMILES string of the molecule is O=C(CNC(c1ccccc1)c1ccccn1)NCc1ccc(Cl)s1. The molecule has 0 fully saturated rings. The lowest BCUT2D eigenvalue weighted by atomic mass is 10.0. The van der Waals surface area contributed by atoms with Crippen LogP contribution < -0.4 is 10.6 Å². The van der Waals surface area contributed by atoms with Gasteiger partial charge in [-0.1, -0.05) is 48.0 Å². The predicted octanol–water partition coefficient (Wildman–Crippen LogP) is 3.79. The van der Waals surface area contributed by atoms with Crippen LogP contribution in [0.4, 0.5) is 0 Å². The molecule has 0 saturated heterocycles. The van der Waals surface area contributed by atoms with Crippen LogP contribution in [0, 0.1) is 0 Å². The third kappa shape index (κ3) is 5.13. The molecule has 25 heavy (non-hydrogen) atoms. The number of thiophene rings is 1. The van der Waals surface area contributed by atoms with E-state index in [0.29, 0.717) is 6.54 Å². The minimum absolute atomic E-state index is 0.0682. The van der Waals surface area contributed by atoms with Crippen LogP contribution >= 0.6 is 22.9 Å². The monoisotopic (exact) mass is 371 g/mol. The van der Waals surface area contributed by atoms with Crippen molar-refractivity contribution in [2.45, 2.75) is 12.6 Å². The van der Waals surface area contributed by atoms with Crippen molar-refractivity contribution in [3.05, 3.63) is 87.3 Å². The summed E-state index contributed by atoms with van der Waals surface area (Å²) in [6.07, 6.45) is 1.76. The van der Waals surface area contributed by atoms with Gasteiger partial charge in [-0.2, -0.15) is 0 Å². The average Bonchev–Trinajstić information content (AvgIpc) is 3.07. The second-order valence-electron chi connectivity index (χ2n) is 5.46. The van der Waals surface area contributed by atoms with Gasteiger partial charge in [-0.15, -0.1) is 11.3 Å². The van der Waals surface area contributed by atoms with Crippen LogP contribution in [0.5, 0.6) is 0 Å². The van der Waals surface area contributed by atoms with E-state index in [1.54, 1.807) is 6.20 Å². The van der Waals surface area contributed by atoms with Gasteiger partial charge in [0.2, 0.25) is 5.91 Å². The highest BCUT2D eigenvalue weighted by Gasteiger charge is 2.15. The van der Waals surface area contributed by atoms with Gasteiger partial charge in [0.15, 0.2) is 0 Å². The number of carbonyl (C=O) groups is 1. The van der Waals surface area contributed by atoms with Crippen molar-refractivity contribution in [1.82, 2.24) is 15.6 Å². The molecule has 1 aromatic carbocycles. The highest BCUT2D eigenvalue weighted by Crippen LogP contribution is 2.21. The van der Waals surface area contributed by atoms with Gasteiger partial charge >= 0.3 is 0 Å². The number of halogens is 1. The van der Waals surface area contributed by atoms with Crippen LogP contribution in [-0.2, 0) is 11.3 Å². The van der Waals surface area contributed by atoms with Gasteiger partial charge < -0.3 is 5.32 Å². The fourth-order valence-corrected chi connectivity index (χ4v) is 3.50. The van der Waals surface area contributed by atoms with Gasteiger partial charge in [-0.25, -0.2) is 0 Å². The average molecular weight is 372 g/mol. The first-order valence-corrected chi connectivity index (χ1v) is 9.12. The zero-order valence-corrected chi connectivity index (χ0v) is 15.1. The minimum Gasteiger partial charge on any atom is -0.350 e. The van der Waals surface area contributed by atoms with Crippen molar-refractivity contribution in [1.29, 1.82) is 0 Å². The Balaban J connectivity index is 1.61. The molecule has 0 aliphatic heterocycles. The van der Waals surface area contributed by atoms with Crippen LogP contribution in [0.3, 0.4) is 0 Å². The molecule has 3 aromatic rings. The molecule has 0 saturated carbocycles. The second-order valence-corrected chi connectivity index (χ2v) is 7.26. The number of aromatic nitrogens is 1. The van der Waals surface area contributed by atoms with E-state index >= 15 is 0 Å². The number of nitrogens with zero attached hydrogens (tertiary/aromatic N) is 1. The van der Waals surface area contributed by atoms with Crippen molar-refractivity contribution in [3.63, 3.8) is 0 Å². The third-order valence-corrected chi connectivity index (χ3v) is 4.90. The van der Waals surface area contributed by atoms with Crippen molar-refractivity contribution in [2.24, 2.45) is 0 Å². The normalized spacial score (nSPS) is 11.9. The Kier molecular flexibility index (Phi) is 6.17. The van der Waals surface area contributed by atoms with Crippen LogP contribution in [0.15, 0.2) is 66.9 Å². The number of carbonyl (C=O) groups excluding carboxylic acids is 1. The molecular weight excluding hydrogens is 354 g/mol. The molecule has 1 amide bonds. The zero-order chi connectivity index (χ0) is 17.5. The minimum atomic E-state index is -0.135. The number of nitrogens with one attached hydrogen (secondary N) is 2. The fraction of sp³-hybridized carbons (Fsp3) is 0.158. The van der Waals surface area contributed by atoms with Crippen molar-refractivity contribution < 1.29 is 4.79 Å². The summed E-state index contributed by atoms with van der Waals surface area (Å²) < 4.78 is 0.724. The summed E-state index contributed by atoms with van der Waals surface area (Å²) in [6.45, 7) is 0.687. The standard InChI is InChI=1S/C19H18ClN3OS/c20-17-10-9-15(25-17)12-22-18(24)13-23-19(14-6-2-1-3-7-14)16-8-4-5-11-21-16/h1-11,19,23H,12-13H2,(H,22,24). The number of rotatable bonds is 7. The Morgan fingerprint density at radius 3 is 2.56 bits per heavy atom. The highest BCUT2D eigenvalue weighted by molar-refractivity contribution is 7.16. The Morgan fingerprint density at radius 2 is 1.88 bits per heavy atom. The van der Waals surface area contributed by atoms with Crippen LogP contribution in [0.1, 0.15) is 22.2 Å². The lowest BCUT2D eigenvalue weighted by molar-refractivity contribution is -0.120. The second kappa shape index (κ2) is 8.76. The van der Waals surface area contributed by atoms with Crippen molar-refractivity contribution in [2.75, 3.05) is 6.54 Å². The van der Waals surface area contributed by atoms with Crippen molar-refractivity contribution >= 4 is 28.8 Å². The lowest BCUT2D eigenvalue weighted by Crippen LogP contribution is -2.36. The Labute approximate surface area is 155 Å². The summed E-state index contributed by atoms with van der Waals surface area (Å²) in [7, 11) is 0. The molecule has 3 rings (SSSR count). The van der Waals surface area contributed by atoms with E-state index in [1.807, 2.05) is 60.7 Å². The van der Waals surface area contributed by atoms with E-state index in [4.69, 9.17) is 11.6 Å². The first kappa shape index (κ1) is 17.6. The topological polar surface area (TPSA) is 54.0 Å². The number of benzene rings is 1. The molecule has 4 nitrogen and oxygen atoms in total. The maximum Gasteiger partial charge on any atom is 0.234 e. The van der Waals surface area contributed by atoms with Gasteiger partial charge in [0.25, 0.3) is 0 Å². The summed E-state index contributed by atoms with van der Waals surface area (Å²) >= 11 is 7.37. The third-order valence-electron chi connectivity index (χ3n) is 3.67. The van der Waals surface area contributed by atoms with E-state index in [1.165, 1.54) is 11.3 Å². The number of hydrogen-bond acceptors (Lipinski definition) is 4. The Hall–Kier alpha value is -2.21. The first-order valence-electron chi connectivity index (χ1n) is 7.92. The highest BCUT2D eigenvalue weighted by atomic mass is 35.5. The van der Waals surface area contributed by atoms with Gasteiger partial charge in [0.1, 0.15) is 0 Å². The molecule has 0 aliphatic rings. The van der Waals surface area contributed by atoms with E-state index in [9.17, 15) is 4.79 Å². The molecule has 1 unspecified atom stereocenters. The van der Waals surface area contributed by atoms with Crippen LogP contribution in [-0.4, -0.2) is 17.4 Å². The zero-order valence-electron chi connectivity index (χ0n) is 13.5. The summed E-state index contributed by atoms with van der Waals surface area (Å²) in [5.41, 5.74) is 1.95. The van der Waals surface area contributed by atoms with Crippen molar-refractivity contribution in [3.8, 4) is 0 Å². The molecule has 0 bridgehead atoms. The van der Waals surface area contributed by atoms with Gasteiger partial charge in [-0.05, 0) is 29.8 Å². The molecule has 1 atom stereocenters. The van der Waals surface area contributed by atoms with E-state index in [2.05, 4.69) is 15.6 Å². The number of pyridine rings is 1. The quantitative estimate of drug-likeness (QED) is 0.664. The molecule has 0 aliphatic carbocycles. The summed E-state index contributed by atoms with van der Waals surface area (Å²) in [5, 5.41) is 6.20. The van der Waals surface area contributed by atoms with E-state index in [-0.39, 0.29) is 18.5 Å². The molecule has 2 aromatic heterocycles. The van der Waals surface area contributed by atoms with E-state index < -0.39 is 0 Å². The maximum atomic E-state index is 12.2. The van der Waals surface area contributed by atoms with Crippen LogP contribution in [0.2, 0.25) is 4.34 Å². The summed E-state index contributed by atoms with van der Waals surface area (Å²) in [5.74, 6) is -0.0682. The van der Waals surface area contributed by atoms with Gasteiger partial charge in [0, 0.05) is 11.1 Å². The fourth-order valence-electron chi connectivity index (χ4n) is 2.48. The first-order chi connectivity index (χ1) is 12.2. The van der Waals surface area contributed by atoms with Gasteiger partial charge in [0.05, 0.1) is 29.2 Å². The molecule has 2 N–H and O–H groups in total. The summed E-state index contributed by atoms with van der Waals surface area (Å²) in [6, 6.07) is 19.4. The molecule has 0 radical (unpaired) electrons. The smallest absolute Gasteiger partial charge is 0.234 e. The number of amides is 1. The molecular formula is C19H18ClN3OS. The number of hydrogen-bond donors (Lipinski definition) is 2. The van der Waals surface area contributed by atoms with Crippen LogP contribution in [0.25, 0.3) is 0 Å². The lowest BCUT2D eigenvalue weighted by Gasteiger charge is -2.18. The van der Waals surface area contributed by atoms with E-state index in [0.717, 1.165) is 20.5 Å². The molecule has 128 valence electrons. The summed E-state index contributed by atoms with van der Waals surface area (Å²) in [4.78, 5) is 17.6. The predicted molar refractivity (Wildman–Crippen MR) is 102 cm³/mol. The molecule has 6 heteroatoms. The van der Waals surface area contributed by atoms with Gasteiger partial charge in [-0.3, -0.25) is 15.1 Å². The Morgan fingerprint density at radius 1 is 1.08 bits per heavy atom.